The SMILES string of the molecule is CSc1nccn1-c1cccc(C(=O)NCC(=O)Nc2ccc(-n3cccn3)cc2)c1. The molecule has 0 atom stereocenters. The van der Waals surface area contributed by atoms with Gasteiger partial charge in [0, 0.05) is 41.7 Å². The third kappa shape index (κ3) is 4.84. The number of nitrogens with one attached hydrogen (secondary N) is 2. The molecule has 0 spiro atoms. The maximum atomic E-state index is 12.5. The number of carbonyl (C=O) groups is 2. The molecule has 156 valence electrons. The van der Waals surface area contributed by atoms with Gasteiger partial charge < -0.3 is 10.6 Å². The van der Waals surface area contributed by atoms with Gasteiger partial charge in [-0.15, -0.1) is 0 Å². The highest BCUT2D eigenvalue weighted by Gasteiger charge is 2.11. The summed E-state index contributed by atoms with van der Waals surface area (Å²) in [5.74, 6) is -0.632. The maximum absolute atomic E-state index is 12.5. The lowest BCUT2D eigenvalue weighted by Crippen LogP contribution is -2.32. The van der Waals surface area contributed by atoms with Crippen molar-refractivity contribution in [3.63, 3.8) is 0 Å². The van der Waals surface area contributed by atoms with Gasteiger partial charge in [-0.25, -0.2) is 9.67 Å². The number of amides is 2. The number of hydrogen-bond acceptors (Lipinski definition) is 5. The van der Waals surface area contributed by atoms with Crippen molar-refractivity contribution in [3.05, 3.63) is 84.9 Å². The molecule has 0 radical (unpaired) electrons. The first kappa shape index (κ1) is 20.4. The van der Waals surface area contributed by atoms with Gasteiger partial charge in [0.1, 0.15) is 0 Å². The summed E-state index contributed by atoms with van der Waals surface area (Å²) in [4.78, 5) is 29.0. The average molecular weight is 433 g/mol. The Morgan fingerprint density at radius 2 is 1.84 bits per heavy atom. The first-order chi connectivity index (χ1) is 15.1. The standard InChI is InChI=1S/C22H20N6O2S/c1-31-22-23-11-13-27(22)19-5-2-4-16(14-19)21(30)24-15-20(29)26-17-6-8-18(9-7-17)28-12-3-10-25-28/h2-14H,15H2,1H3,(H,24,30)(H,26,29). The Balaban J connectivity index is 1.34. The molecule has 0 aliphatic rings. The summed E-state index contributed by atoms with van der Waals surface area (Å²) in [7, 11) is 0. The van der Waals surface area contributed by atoms with Crippen molar-refractivity contribution in [2.45, 2.75) is 5.16 Å². The smallest absolute Gasteiger partial charge is 0.251 e. The van der Waals surface area contributed by atoms with Crippen LogP contribution in [0.1, 0.15) is 10.4 Å². The largest absolute Gasteiger partial charge is 0.343 e. The molecule has 0 aliphatic heterocycles. The zero-order chi connectivity index (χ0) is 21.6. The zero-order valence-electron chi connectivity index (χ0n) is 16.7. The van der Waals surface area contributed by atoms with Crippen molar-refractivity contribution in [1.82, 2.24) is 24.6 Å². The van der Waals surface area contributed by atoms with E-state index in [2.05, 4.69) is 20.7 Å². The second-order valence-corrected chi connectivity index (χ2v) is 7.34. The second-order valence-electron chi connectivity index (χ2n) is 6.56. The Kier molecular flexibility index (Phi) is 6.13. The fourth-order valence-electron chi connectivity index (χ4n) is 3.02. The van der Waals surface area contributed by atoms with Crippen molar-refractivity contribution in [3.8, 4) is 11.4 Å². The van der Waals surface area contributed by atoms with Crippen LogP contribution in [0.5, 0.6) is 0 Å². The van der Waals surface area contributed by atoms with Gasteiger partial charge in [-0.2, -0.15) is 5.10 Å². The molecule has 4 aromatic rings. The van der Waals surface area contributed by atoms with Crippen LogP contribution in [-0.2, 0) is 4.79 Å². The van der Waals surface area contributed by atoms with E-state index in [0.717, 1.165) is 16.5 Å². The molecule has 9 heteroatoms. The van der Waals surface area contributed by atoms with E-state index >= 15 is 0 Å². The van der Waals surface area contributed by atoms with Gasteiger partial charge >= 0.3 is 0 Å². The van der Waals surface area contributed by atoms with Crippen LogP contribution in [-0.4, -0.2) is 43.9 Å². The lowest BCUT2D eigenvalue weighted by Gasteiger charge is -2.10. The normalized spacial score (nSPS) is 10.6. The lowest BCUT2D eigenvalue weighted by atomic mass is 10.2. The number of hydrogen-bond donors (Lipinski definition) is 2. The molecule has 0 aliphatic carbocycles. The molecule has 0 saturated carbocycles. The number of anilines is 1. The number of thioether (sulfide) groups is 1. The predicted octanol–water partition coefficient (Wildman–Crippen LogP) is 3.15. The van der Waals surface area contributed by atoms with Gasteiger partial charge in [-0.3, -0.25) is 14.2 Å². The van der Waals surface area contributed by atoms with Crippen LogP contribution >= 0.6 is 11.8 Å². The summed E-state index contributed by atoms with van der Waals surface area (Å²) in [6.45, 7) is -0.134. The van der Waals surface area contributed by atoms with Gasteiger partial charge in [0.25, 0.3) is 5.91 Å². The molecule has 0 fully saturated rings. The topological polar surface area (TPSA) is 93.8 Å². The molecule has 2 heterocycles. The van der Waals surface area contributed by atoms with Crippen molar-refractivity contribution in [2.24, 2.45) is 0 Å². The highest BCUT2D eigenvalue weighted by Crippen LogP contribution is 2.19. The quantitative estimate of drug-likeness (QED) is 0.438. The Hall–Kier alpha value is -3.85. The minimum atomic E-state index is -0.322. The van der Waals surface area contributed by atoms with Crippen LogP contribution in [0.3, 0.4) is 0 Å². The van der Waals surface area contributed by atoms with Crippen molar-refractivity contribution in [1.29, 1.82) is 0 Å². The molecule has 31 heavy (non-hydrogen) atoms. The molecule has 2 N–H and O–H groups in total. The monoisotopic (exact) mass is 432 g/mol. The third-order valence-electron chi connectivity index (χ3n) is 4.51. The Morgan fingerprint density at radius 1 is 1.00 bits per heavy atom. The number of rotatable bonds is 7. The highest BCUT2D eigenvalue weighted by molar-refractivity contribution is 7.98. The Morgan fingerprint density at radius 3 is 2.58 bits per heavy atom. The second kappa shape index (κ2) is 9.31. The molecule has 2 aromatic carbocycles. The van der Waals surface area contributed by atoms with E-state index in [1.165, 1.54) is 11.8 Å². The minimum Gasteiger partial charge on any atom is -0.343 e. The first-order valence-corrected chi connectivity index (χ1v) is 10.7. The van der Waals surface area contributed by atoms with E-state index in [1.54, 1.807) is 47.4 Å². The maximum Gasteiger partial charge on any atom is 0.251 e. The van der Waals surface area contributed by atoms with Crippen LogP contribution in [0, 0.1) is 0 Å². The molecule has 0 bridgehead atoms. The molecule has 2 amide bonds. The molecule has 2 aromatic heterocycles. The van der Waals surface area contributed by atoms with Crippen molar-refractivity contribution < 1.29 is 9.59 Å². The van der Waals surface area contributed by atoms with Gasteiger partial charge in [-0.1, -0.05) is 17.8 Å². The van der Waals surface area contributed by atoms with Crippen molar-refractivity contribution >= 4 is 29.3 Å². The average Bonchev–Trinajstić information content (AvgIpc) is 3.50. The van der Waals surface area contributed by atoms with E-state index in [-0.39, 0.29) is 18.4 Å². The van der Waals surface area contributed by atoms with E-state index in [1.807, 2.05) is 47.5 Å². The lowest BCUT2D eigenvalue weighted by molar-refractivity contribution is -0.115. The van der Waals surface area contributed by atoms with Gasteiger partial charge in [0.15, 0.2) is 5.16 Å². The van der Waals surface area contributed by atoms with E-state index in [0.29, 0.717) is 11.3 Å². The molecule has 8 nitrogen and oxygen atoms in total. The molecule has 4 rings (SSSR count). The van der Waals surface area contributed by atoms with Crippen LogP contribution in [0.2, 0.25) is 0 Å². The number of aromatic nitrogens is 4. The Bertz CT molecular complexity index is 1180. The first-order valence-electron chi connectivity index (χ1n) is 9.50. The summed E-state index contributed by atoms with van der Waals surface area (Å²) in [5, 5.41) is 10.4. The fourth-order valence-corrected chi connectivity index (χ4v) is 3.55. The number of carbonyl (C=O) groups excluding carboxylic acids is 2. The highest BCUT2D eigenvalue weighted by atomic mass is 32.2. The summed E-state index contributed by atoms with van der Waals surface area (Å²) in [6.07, 6.45) is 9.04. The van der Waals surface area contributed by atoms with Gasteiger partial charge in [0.05, 0.1) is 12.2 Å². The molecule has 0 saturated heterocycles. The van der Waals surface area contributed by atoms with Gasteiger partial charge in [0.2, 0.25) is 5.91 Å². The number of benzene rings is 2. The zero-order valence-corrected chi connectivity index (χ0v) is 17.5. The van der Waals surface area contributed by atoms with Gasteiger partial charge in [-0.05, 0) is 54.8 Å². The summed E-state index contributed by atoms with van der Waals surface area (Å²) in [6, 6.07) is 16.3. The third-order valence-corrected chi connectivity index (χ3v) is 5.17. The fraction of sp³-hybridized carbons (Fsp3) is 0.0909. The number of imidazole rings is 1. The van der Waals surface area contributed by atoms with E-state index < -0.39 is 0 Å². The minimum absolute atomic E-state index is 0.134. The molecular weight excluding hydrogens is 412 g/mol. The van der Waals surface area contributed by atoms with Crippen LogP contribution in [0.4, 0.5) is 5.69 Å². The van der Waals surface area contributed by atoms with Crippen LogP contribution < -0.4 is 10.6 Å². The molecule has 0 unspecified atom stereocenters. The summed E-state index contributed by atoms with van der Waals surface area (Å²) in [5.41, 5.74) is 2.83. The van der Waals surface area contributed by atoms with E-state index in [9.17, 15) is 9.59 Å². The number of nitrogens with zero attached hydrogens (tertiary/aromatic N) is 4. The molecular formula is C22H20N6O2S. The van der Waals surface area contributed by atoms with Crippen LogP contribution in [0.15, 0.2) is 84.5 Å². The summed E-state index contributed by atoms with van der Waals surface area (Å²) < 4.78 is 3.63. The van der Waals surface area contributed by atoms with E-state index in [4.69, 9.17) is 0 Å². The van der Waals surface area contributed by atoms with Crippen molar-refractivity contribution in [2.75, 3.05) is 18.1 Å². The Labute approximate surface area is 183 Å². The predicted molar refractivity (Wildman–Crippen MR) is 120 cm³/mol. The van der Waals surface area contributed by atoms with Crippen LogP contribution in [0.25, 0.3) is 11.4 Å². The summed E-state index contributed by atoms with van der Waals surface area (Å²) >= 11 is 1.52.